The Kier molecular flexibility index (Phi) is 6.20. The molecule has 1 fully saturated rings. The number of hydrogen-bond acceptors (Lipinski definition) is 6. The quantitative estimate of drug-likeness (QED) is 0.278. The highest BCUT2D eigenvalue weighted by molar-refractivity contribution is 5.86. The van der Waals surface area contributed by atoms with Crippen LogP contribution in [0.5, 0.6) is 5.75 Å². The summed E-state index contributed by atoms with van der Waals surface area (Å²) in [7, 11) is 1.58. The van der Waals surface area contributed by atoms with Gasteiger partial charge in [0.2, 0.25) is 11.7 Å². The number of alkyl halides is 6. The van der Waals surface area contributed by atoms with Crippen molar-refractivity contribution in [2.24, 2.45) is 0 Å². The van der Waals surface area contributed by atoms with Gasteiger partial charge in [-0.1, -0.05) is 17.3 Å². The number of halogens is 6. The minimum Gasteiger partial charge on any atom is -0.494 e. The van der Waals surface area contributed by atoms with E-state index in [-0.39, 0.29) is 23.7 Å². The fourth-order valence-corrected chi connectivity index (χ4v) is 4.41. The third-order valence-corrected chi connectivity index (χ3v) is 6.34. The van der Waals surface area contributed by atoms with Crippen molar-refractivity contribution < 1.29 is 35.6 Å². The maximum atomic E-state index is 13.2. The minimum atomic E-state index is -4.96. The first kappa shape index (κ1) is 24.8. The number of benzene rings is 2. The lowest BCUT2D eigenvalue weighted by Crippen LogP contribution is -2.33. The van der Waals surface area contributed by atoms with Gasteiger partial charge in [0, 0.05) is 30.0 Å². The van der Waals surface area contributed by atoms with E-state index in [0.29, 0.717) is 43.8 Å². The lowest BCUT2D eigenvalue weighted by molar-refractivity contribution is -0.143. The topological polar surface area (TPSA) is 64.3 Å². The van der Waals surface area contributed by atoms with E-state index in [2.05, 4.69) is 15.0 Å². The second kappa shape index (κ2) is 9.24. The van der Waals surface area contributed by atoms with Crippen molar-refractivity contribution in [3.63, 3.8) is 0 Å². The highest BCUT2D eigenvalue weighted by atomic mass is 19.4. The zero-order valence-electron chi connectivity index (χ0n) is 19.4. The number of hydrogen-bond donors (Lipinski definition) is 0. The van der Waals surface area contributed by atoms with Gasteiger partial charge in [-0.25, -0.2) is 4.98 Å². The van der Waals surface area contributed by atoms with Crippen LogP contribution in [-0.4, -0.2) is 35.3 Å². The van der Waals surface area contributed by atoms with E-state index in [1.165, 1.54) is 0 Å². The van der Waals surface area contributed by atoms with Gasteiger partial charge in [-0.05, 0) is 49.2 Å². The van der Waals surface area contributed by atoms with Crippen LogP contribution in [0.2, 0.25) is 0 Å². The Hall–Kier alpha value is -3.83. The number of nitrogens with zero attached hydrogens (tertiary/aromatic N) is 4. The van der Waals surface area contributed by atoms with E-state index >= 15 is 0 Å². The van der Waals surface area contributed by atoms with Crippen LogP contribution < -0.4 is 9.64 Å². The summed E-state index contributed by atoms with van der Waals surface area (Å²) in [5.41, 5.74) is -2.54. The van der Waals surface area contributed by atoms with Crippen molar-refractivity contribution in [1.82, 2.24) is 15.1 Å². The van der Waals surface area contributed by atoms with Gasteiger partial charge in [-0.3, -0.25) is 0 Å². The summed E-state index contributed by atoms with van der Waals surface area (Å²) in [5.74, 6) is 1.09. The molecule has 37 heavy (non-hydrogen) atoms. The van der Waals surface area contributed by atoms with E-state index in [0.717, 1.165) is 16.7 Å². The van der Waals surface area contributed by atoms with Gasteiger partial charge in [0.15, 0.2) is 0 Å². The maximum absolute atomic E-state index is 13.2. The summed E-state index contributed by atoms with van der Waals surface area (Å²) in [6.45, 7) is 1.19. The van der Waals surface area contributed by atoms with Crippen LogP contribution in [0.25, 0.3) is 22.3 Å². The molecule has 4 aromatic rings. The minimum absolute atomic E-state index is 0.0661. The standard InChI is InChI=1S/C25H20F6N4O2/c1-36-19-4-2-3-14-5-6-20(32-21(14)19)35-9-7-15(8-10-35)23-33-22(34-37-23)16-11-17(24(26,27)28)13-18(12-16)25(29,30)31/h2-6,11-13,15H,7-10H2,1H3. The smallest absolute Gasteiger partial charge is 0.416 e. The SMILES string of the molecule is COc1cccc2ccc(N3CCC(c4nc(-c5cc(C(F)(F)F)cc(C(F)(F)F)c5)no4)CC3)nc12. The molecule has 3 heterocycles. The molecule has 0 unspecified atom stereocenters. The van der Waals surface area contributed by atoms with Crippen LogP contribution in [0.15, 0.2) is 53.1 Å². The summed E-state index contributed by atoms with van der Waals surface area (Å²) in [6.07, 6.45) is -8.75. The molecule has 1 aliphatic heterocycles. The lowest BCUT2D eigenvalue weighted by atomic mass is 9.96. The van der Waals surface area contributed by atoms with Gasteiger partial charge in [-0.15, -0.1) is 0 Å². The Morgan fingerprint density at radius 3 is 2.19 bits per heavy atom. The van der Waals surface area contributed by atoms with Crippen LogP contribution in [0, 0.1) is 0 Å². The Morgan fingerprint density at radius 2 is 1.57 bits per heavy atom. The molecule has 1 saturated heterocycles. The predicted octanol–water partition coefficient (Wildman–Crippen LogP) is 6.72. The first-order valence-electron chi connectivity index (χ1n) is 11.3. The molecule has 0 bridgehead atoms. The molecule has 0 radical (unpaired) electrons. The van der Waals surface area contributed by atoms with Crippen molar-refractivity contribution in [1.29, 1.82) is 0 Å². The van der Waals surface area contributed by atoms with Gasteiger partial charge in [0.05, 0.1) is 18.2 Å². The zero-order valence-corrected chi connectivity index (χ0v) is 19.4. The average molecular weight is 522 g/mol. The van der Waals surface area contributed by atoms with E-state index in [1.54, 1.807) is 7.11 Å². The van der Waals surface area contributed by atoms with Crippen LogP contribution in [0.1, 0.15) is 35.8 Å². The second-order valence-corrected chi connectivity index (χ2v) is 8.71. The third-order valence-electron chi connectivity index (χ3n) is 6.34. The molecular weight excluding hydrogens is 502 g/mol. The number of pyridine rings is 1. The summed E-state index contributed by atoms with van der Waals surface area (Å²) in [5, 5.41) is 4.62. The molecule has 1 aliphatic rings. The molecule has 6 nitrogen and oxygen atoms in total. The van der Waals surface area contributed by atoms with Crippen LogP contribution >= 0.6 is 0 Å². The number of ether oxygens (including phenoxy) is 1. The first-order chi connectivity index (χ1) is 17.5. The highest BCUT2D eigenvalue weighted by Gasteiger charge is 2.37. The number of fused-ring (bicyclic) bond motifs is 1. The normalized spacial score (nSPS) is 15.4. The van der Waals surface area contributed by atoms with Crippen LogP contribution in [0.3, 0.4) is 0 Å². The summed E-state index contributed by atoms with van der Waals surface area (Å²) in [4.78, 5) is 11.0. The maximum Gasteiger partial charge on any atom is 0.416 e. The van der Waals surface area contributed by atoms with Gasteiger partial charge < -0.3 is 14.2 Å². The van der Waals surface area contributed by atoms with Gasteiger partial charge in [0.25, 0.3) is 0 Å². The average Bonchev–Trinajstić information content (AvgIpc) is 3.37. The largest absolute Gasteiger partial charge is 0.494 e. The van der Waals surface area contributed by atoms with Crippen molar-refractivity contribution in [2.75, 3.05) is 25.1 Å². The monoisotopic (exact) mass is 522 g/mol. The fourth-order valence-electron chi connectivity index (χ4n) is 4.41. The zero-order chi connectivity index (χ0) is 26.4. The summed E-state index contributed by atoms with van der Waals surface area (Å²) < 4.78 is 89.9. The second-order valence-electron chi connectivity index (χ2n) is 8.71. The Bertz CT molecular complexity index is 1390. The number of para-hydroxylation sites is 1. The molecule has 2 aromatic heterocycles. The highest BCUT2D eigenvalue weighted by Crippen LogP contribution is 2.39. The Morgan fingerprint density at radius 1 is 0.892 bits per heavy atom. The fraction of sp³-hybridized carbons (Fsp3) is 0.320. The first-order valence-corrected chi connectivity index (χ1v) is 11.3. The van der Waals surface area contributed by atoms with Crippen molar-refractivity contribution >= 4 is 16.7 Å². The van der Waals surface area contributed by atoms with Crippen LogP contribution in [-0.2, 0) is 12.4 Å². The van der Waals surface area contributed by atoms with Gasteiger partial charge in [0.1, 0.15) is 17.1 Å². The molecule has 0 N–H and O–H groups in total. The molecule has 12 heteroatoms. The van der Waals surface area contributed by atoms with E-state index in [1.807, 2.05) is 30.3 Å². The molecule has 0 aliphatic carbocycles. The summed E-state index contributed by atoms with van der Waals surface area (Å²) >= 11 is 0. The number of anilines is 1. The summed E-state index contributed by atoms with van der Waals surface area (Å²) in [6, 6.07) is 10.8. The molecule has 2 aromatic carbocycles. The van der Waals surface area contributed by atoms with E-state index in [4.69, 9.17) is 14.2 Å². The molecule has 194 valence electrons. The van der Waals surface area contributed by atoms with Crippen molar-refractivity contribution in [2.45, 2.75) is 31.1 Å². The molecule has 5 rings (SSSR count). The van der Waals surface area contributed by atoms with Crippen LogP contribution in [0.4, 0.5) is 32.2 Å². The number of rotatable bonds is 4. The molecule has 0 spiro atoms. The molecule has 0 atom stereocenters. The number of piperidine rings is 1. The Balaban J connectivity index is 1.34. The number of aromatic nitrogens is 3. The Labute approximate surface area is 206 Å². The predicted molar refractivity (Wildman–Crippen MR) is 122 cm³/mol. The lowest BCUT2D eigenvalue weighted by Gasteiger charge is -2.31. The molecular formula is C25H20F6N4O2. The van der Waals surface area contributed by atoms with Crippen molar-refractivity contribution in [3.8, 4) is 17.1 Å². The van der Waals surface area contributed by atoms with E-state index < -0.39 is 29.0 Å². The molecule has 0 saturated carbocycles. The molecule has 0 amide bonds. The van der Waals surface area contributed by atoms with Crippen molar-refractivity contribution in [3.05, 3.63) is 65.5 Å². The van der Waals surface area contributed by atoms with Gasteiger partial charge >= 0.3 is 12.4 Å². The third kappa shape index (κ3) is 5.05. The van der Waals surface area contributed by atoms with Gasteiger partial charge in [-0.2, -0.15) is 31.3 Å². The number of methoxy groups -OCH3 is 1. The van der Waals surface area contributed by atoms with E-state index in [9.17, 15) is 26.3 Å².